The van der Waals surface area contributed by atoms with E-state index in [4.69, 9.17) is 17.3 Å². The molecule has 0 bridgehead atoms. The van der Waals surface area contributed by atoms with Crippen molar-refractivity contribution < 1.29 is 4.79 Å². The number of carbonyl (C=O) groups is 1. The fourth-order valence-electron chi connectivity index (χ4n) is 2.80. The van der Waals surface area contributed by atoms with E-state index in [0.29, 0.717) is 22.8 Å². The summed E-state index contributed by atoms with van der Waals surface area (Å²) in [5.74, 6) is 0.0810. The normalized spacial score (nSPS) is 16.2. The van der Waals surface area contributed by atoms with Crippen LogP contribution in [0.5, 0.6) is 0 Å². The van der Waals surface area contributed by atoms with E-state index in [1.54, 1.807) is 18.3 Å². The highest BCUT2D eigenvalue weighted by molar-refractivity contribution is 6.29. The maximum Gasteiger partial charge on any atom is 0.165 e. The summed E-state index contributed by atoms with van der Waals surface area (Å²) in [6.07, 6.45) is 6.73. The largest absolute Gasteiger partial charge is 0.397 e. The molecular formula is C16H16ClN3O. The molecule has 1 aliphatic carbocycles. The average Bonchev–Trinajstić information content (AvgIpc) is 2.44. The van der Waals surface area contributed by atoms with Crippen molar-refractivity contribution in [1.82, 2.24) is 9.97 Å². The Morgan fingerprint density at radius 2 is 2.00 bits per heavy atom. The second-order valence-electron chi connectivity index (χ2n) is 5.58. The zero-order chi connectivity index (χ0) is 14.9. The monoisotopic (exact) mass is 301 g/mol. The summed E-state index contributed by atoms with van der Waals surface area (Å²) in [6, 6.07) is 7.14. The third-order valence-corrected chi connectivity index (χ3v) is 4.41. The van der Waals surface area contributed by atoms with Crippen LogP contribution < -0.4 is 5.73 Å². The third kappa shape index (κ3) is 2.76. The molecule has 0 spiro atoms. The number of Topliss-reactive ketones (excluding diaryl/α,β-unsaturated/α-hetero) is 1. The Morgan fingerprint density at radius 3 is 2.52 bits per heavy atom. The second kappa shape index (κ2) is 5.45. The number of hydrogen-bond donors (Lipinski definition) is 1. The maximum absolute atomic E-state index is 12.5. The van der Waals surface area contributed by atoms with Crippen LogP contribution >= 0.6 is 11.6 Å². The number of carbonyl (C=O) groups excluding carboxylic acids is 1. The standard InChI is InChI=1S/C16H16ClN3O/c17-15-5-2-11(9-20-15)13(21)8-16(6-1-7-16)14-4-3-12(18)10-19-14/h2-5,9-10H,1,6-8,18H2. The summed E-state index contributed by atoms with van der Waals surface area (Å²) in [6.45, 7) is 0. The highest BCUT2D eigenvalue weighted by Crippen LogP contribution is 2.46. The number of anilines is 1. The Bertz CT molecular complexity index is 648. The molecular weight excluding hydrogens is 286 g/mol. The molecule has 0 saturated heterocycles. The summed E-state index contributed by atoms with van der Waals surface area (Å²) in [4.78, 5) is 20.9. The van der Waals surface area contributed by atoms with Crippen LogP contribution in [0.2, 0.25) is 5.15 Å². The van der Waals surface area contributed by atoms with Crippen molar-refractivity contribution in [3.63, 3.8) is 0 Å². The van der Waals surface area contributed by atoms with Crippen LogP contribution in [0, 0.1) is 0 Å². The molecule has 21 heavy (non-hydrogen) atoms. The lowest BCUT2D eigenvalue weighted by Gasteiger charge is -2.41. The topological polar surface area (TPSA) is 68.9 Å². The molecule has 2 aromatic heterocycles. The predicted octanol–water partition coefficient (Wildman–Crippen LogP) is 3.41. The molecule has 5 heteroatoms. The Hall–Kier alpha value is -1.94. The molecule has 4 nitrogen and oxygen atoms in total. The molecule has 0 aliphatic heterocycles. The Kier molecular flexibility index (Phi) is 3.64. The smallest absolute Gasteiger partial charge is 0.165 e. The van der Waals surface area contributed by atoms with Crippen LogP contribution in [0.1, 0.15) is 41.7 Å². The van der Waals surface area contributed by atoms with Crippen molar-refractivity contribution in [1.29, 1.82) is 0 Å². The average molecular weight is 302 g/mol. The van der Waals surface area contributed by atoms with Crippen LogP contribution in [0.3, 0.4) is 0 Å². The van der Waals surface area contributed by atoms with E-state index >= 15 is 0 Å². The van der Waals surface area contributed by atoms with Gasteiger partial charge in [-0.2, -0.15) is 0 Å². The van der Waals surface area contributed by atoms with Crippen molar-refractivity contribution in [3.05, 3.63) is 53.1 Å². The highest BCUT2D eigenvalue weighted by atomic mass is 35.5. The zero-order valence-electron chi connectivity index (χ0n) is 11.6. The molecule has 0 aromatic carbocycles. The second-order valence-corrected chi connectivity index (χ2v) is 5.97. The first-order chi connectivity index (χ1) is 10.1. The fourth-order valence-corrected chi connectivity index (χ4v) is 2.91. The van der Waals surface area contributed by atoms with Crippen LogP contribution in [-0.2, 0) is 5.41 Å². The number of ketones is 1. The summed E-state index contributed by atoms with van der Waals surface area (Å²) in [7, 11) is 0. The third-order valence-electron chi connectivity index (χ3n) is 4.19. The van der Waals surface area contributed by atoms with Gasteiger partial charge in [-0.1, -0.05) is 18.0 Å². The molecule has 3 rings (SSSR count). The SMILES string of the molecule is Nc1ccc(C2(CC(=O)c3ccc(Cl)nc3)CCC2)nc1. The van der Waals surface area contributed by atoms with E-state index in [2.05, 4.69) is 9.97 Å². The lowest BCUT2D eigenvalue weighted by molar-refractivity contribution is 0.0901. The van der Waals surface area contributed by atoms with Gasteiger partial charge in [0.15, 0.2) is 5.78 Å². The van der Waals surface area contributed by atoms with Crippen LogP contribution in [0.4, 0.5) is 5.69 Å². The van der Waals surface area contributed by atoms with E-state index in [0.717, 1.165) is 25.0 Å². The van der Waals surface area contributed by atoms with Crippen molar-refractivity contribution in [2.45, 2.75) is 31.1 Å². The first-order valence-corrected chi connectivity index (χ1v) is 7.34. The maximum atomic E-state index is 12.5. The van der Waals surface area contributed by atoms with E-state index in [1.165, 1.54) is 6.20 Å². The molecule has 1 fully saturated rings. The van der Waals surface area contributed by atoms with Crippen molar-refractivity contribution >= 4 is 23.1 Å². The molecule has 2 N–H and O–H groups in total. The van der Waals surface area contributed by atoms with Gasteiger partial charge in [-0.15, -0.1) is 0 Å². The molecule has 2 heterocycles. The molecule has 0 amide bonds. The van der Waals surface area contributed by atoms with Crippen molar-refractivity contribution in [3.8, 4) is 0 Å². The van der Waals surface area contributed by atoms with Gasteiger partial charge in [-0.3, -0.25) is 9.78 Å². The molecule has 0 atom stereocenters. The number of nitrogens with zero attached hydrogens (tertiary/aromatic N) is 2. The summed E-state index contributed by atoms with van der Waals surface area (Å²) < 4.78 is 0. The van der Waals surface area contributed by atoms with Crippen LogP contribution in [0.15, 0.2) is 36.7 Å². The van der Waals surface area contributed by atoms with Gasteiger partial charge in [0.25, 0.3) is 0 Å². The summed E-state index contributed by atoms with van der Waals surface area (Å²) >= 11 is 5.75. The molecule has 108 valence electrons. The van der Waals surface area contributed by atoms with Gasteiger partial charge in [0.2, 0.25) is 0 Å². The minimum atomic E-state index is -0.148. The van der Waals surface area contributed by atoms with Gasteiger partial charge in [0.1, 0.15) is 5.15 Å². The highest BCUT2D eigenvalue weighted by Gasteiger charge is 2.41. The lowest BCUT2D eigenvalue weighted by Crippen LogP contribution is -2.37. The first kappa shape index (κ1) is 14.0. The van der Waals surface area contributed by atoms with E-state index in [1.807, 2.05) is 12.1 Å². The number of hydrogen-bond acceptors (Lipinski definition) is 4. The van der Waals surface area contributed by atoms with Crippen LogP contribution in [0.25, 0.3) is 0 Å². The molecule has 1 saturated carbocycles. The Balaban J connectivity index is 1.82. The summed E-state index contributed by atoms with van der Waals surface area (Å²) in [5, 5.41) is 0.394. The number of pyridine rings is 2. The van der Waals surface area contributed by atoms with Gasteiger partial charge in [-0.25, -0.2) is 4.98 Å². The quantitative estimate of drug-likeness (QED) is 0.694. The minimum Gasteiger partial charge on any atom is -0.397 e. The van der Waals surface area contributed by atoms with Gasteiger partial charge < -0.3 is 5.73 Å². The van der Waals surface area contributed by atoms with Gasteiger partial charge >= 0.3 is 0 Å². The van der Waals surface area contributed by atoms with Gasteiger partial charge in [-0.05, 0) is 37.1 Å². The van der Waals surface area contributed by atoms with Crippen LogP contribution in [-0.4, -0.2) is 15.8 Å². The number of aromatic nitrogens is 2. The molecule has 1 aliphatic rings. The van der Waals surface area contributed by atoms with Crippen molar-refractivity contribution in [2.75, 3.05) is 5.73 Å². The molecule has 0 unspecified atom stereocenters. The number of nitrogen functional groups attached to an aromatic ring is 1. The Labute approximate surface area is 128 Å². The number of rotatable bonds is 4. The number of nitrogens with two attached hydrogens (primary N) is 1. The fraction of sp³-hybridized carbons (Fsp3) is 0.312. The molecule has 2 aromatic rings. The van der Waals surface area contributed by atoms with Gasteiger partial charge in [0, 0.05) is 29.3 Å². The Morgan fingerprint density at radius 1 is 1.19 bits per heavy atom. The lowest BCUT2D eigenvalue weighted by atomic mass is 9.63. The predicted molar refractivity (Wildman–Crippen MR) is 82.4 cm³/mol. The first-order valence-electron chi connectivity index (χ1n) is 6.96. The minimum absolute atomic E-state index is 0.0810. The van der Waals surface area contributed by atoms with E-state index in [-0.39, 0.29) is 11.2 Å². The number of halogens is 1. The summed E-state index contributed by atoms with van der Waals surface area (Å²) in [5.41, 5.74) is 7.73. The zero-order valence-corrected chi connectivity index (χ0v) is 12.3. The van der Waals surface area contributed by atoms with Crippen molar-refractivity contribution in [2.24, 2.45) is 0 Å². The molecule has 0 radical (unpaired) electrons. The van der Waals surface area contributed by atoms with Gasteiger partial charge in [0.05, 0.1) is 11.9 Å². The van der Waals surface area contributed by atoms with E-state index < -0.39 is 0 Å². The van der Waals surface area contributed by atoms with E-state index in [9.17, 15) is 4.79 Å².